The monoisotopic (exact) mass is 431 g/mol. The molecule has 4 rings (SSSR count). The second-order valence-corrected chi connectivity index (χ2v) is 13.0. The van der Waals surface area contributed by atoms with E-state index in [4.69, 9.17) is 4.99 Å². The average molecular weight is 432 g/mol. The van der Waals surface area contributed by atoms with Crippen LogP contribution in [0.15, 0.2) is 112 Å². The van der Waals surface area contributed by atoms with Crippen LogP contribution in [0.1, 0.15) is 11.8 Å². The van der Waals surface area contributed by atoms with Crippen LogP contribution in [0.4, 0.5) is 5.69 Å². The number of hydrogen-bond donors (Lipinski definition) is 1. The van der Waals surface area contributed by atoms with Crippen molar-refractivity contribution >= 4 is 51.8 Å². The lowest BCUT2D eigenvalue weighted by atomic mass is 10.3. The molecule has 0 saturated heterocycles. The van der Waals surface area contributed by atoms with Crippen LogP contribution in [0.2, 0.25) is 0 Å². The molecule has 1 heterocycles. The molecule has 3 aromatic carbocycles. The van der Waals surface area contributed by atoms with E-state index in [1.807, 2.05) is 91.9 Å². The number of aliphatic imine (C=N–C) groups is 1. The fraction of sp³-hybridized carbons (Fsp3) is 0.0417. The highest BCUT2D eigenvalue weighted by atomic mass is 32.4. The zero-order chi connectivity index (χ0) is 20.1. The maximum atomic E-state index is 12.0. The molecule has 0 fully saturated rings. The summed E-state index contributed by atoms with van der Waals surface area (Å²) in [5, 5.41) is 4.01. The SMILES string of the molecule is CC(=Nc1ccccc1S[Si](O)(c1ccccc1)c1ccccc1)c1cccs1. The maximum absolute atomic E-state index is 12.0. The quantitative estimate of drug-likeness (QED) is 0.335. The third-order valence-electron chi connectivity index (χ3n) is 4.62. The van der Waals surface area contributed by atoms with Crippen molar-refractivity contribution in [1.29, 1.82) is 0 Å². The van der Waals surface area contributed by atoms with Gasteiger partial charge >= 0.3 is 7.47 Å². The van der Waals surface area contributed by atoms with E-state index < -0.39 is 7.47 Å². The zero-order valence-electron chi connectivity index (χ0n) is 16.0. The minimum atomic E-state index is -3.04. The van der Waals surface area contributed by atoms with Crippen molar-refractivity contribution in [3.63, 3.8) is 0 Å². The van der Waals surface area contributed by atoms with Crippen LogP contribution in [0.25, 0.3) is 0 Å². The van der Waals surface area contributed by atoms with Crippen LogP contribution in [0, 0.1) is 0 Å². The van der Waals surface area contributed by atoms with Crippen LogP contribution < -0.4 is 10.4 Å². The lowest BCUT2D eigenvalue weighted by Crippen LogP contribution is -2.55. The summed E-state index contributed by atoms with van der Waals surface area (Å²) in [4.78, 5) is 19.0. The second-order valence-electron chi connectivity index (χ2n) is 6.62. The van der Waals surface area contributed by atoms with Gasteiger partial charge in [0.15, 0.2) is 0 Å². The maximum Gasteiger partial charge on any atom is 0.322 e. The fourth-order valence-corrected chi connectivity index (χ4v) is 9.34. The van der Waals surface area contributed by atoms with Crippen molar-refractivity contribution in [2.75, 3.05) is 0 Å². The van der Waals surface area contributed by atoms with Crippen molar-refractivity contribution in [3.8, 4) is 0 Å². The van der Waals surface area contributed by atoms with Crippen molar-refractivity contribution < 1.29 is 4.80 Å². The van der Waals surface area contributed by atoms with Crippen LogP contribution >= 0.6 is 22.5 Å². The molecule has 0 aliphatic rings. The number of para-hydroxylation sites is 1. The summed E-state index contributed by atoms with van der Waals surface area (Å²) in [5.74, 6) is 0. The molecular formula is C24H21NOS2Si. The van der Waals surface area contributed by atoms with Gasteiger partial charge in [-0.05, 0) is 40.9 Å². The molecular weight excluding hydrogens is 410 g/mol. The molecule has 1 N–H and O–H groups in total. The van der Waals surface area contributed by atoms with Crippen LogP contribution in [0.5, 0.6) is 0 Å². The van der Waals surface area contributed by atoms with Gasteiger partial charge in [0.05, 0.1) is 11.4 Å². The molecule has 0 bridgehead atoms. The molecule has 0 aliphatic heterocycles. The van der Waals surface area contributed by atoms with Gasteiger partial charge in [-0.1, -0.05) is 78.9 Å². The highest BCUT2D eigenvalue weighted by Crippen LogP contribution is 2.35. The minimum Gasteiger partial charge on any atom is -0.416 e. The summed E-state index contributed by atoms with van der Waals surface area (Å²) >= 11 is 3.24. The van der Waals surface area contributed by atoms with E-state index >= 15 is 0 Å². The smallest absolute Gasteiger partial charge is 0.322 e. The Morgan fingerprint density at radius 1 is 0.793 bits per heavy atom. The van der Waals surface area contributed by atoms with E-state index in [1.165, 1.54) is 0 Å². The fourth-order valence-electron chi connectivity index (χ4n) is 3.13. The largest absolute Gasteiger partial charge is 0.416 e. The van der Waals surface area contributed by atoms with E-state index in [0.29, 0.717) is 0 Å². The predicted octanol–water partition coefficient (Wildman–Crippen LogP) is 5.23. The zero-order valence-corrected chi connectivity index (χ0v) is 18.7. The summed E-state index contributed by atoms with van der Waals surface area (Å²) in [5.41, 5.74) is 1.87. The van der Waals surface area contributed by atoms with Gasteiger partial charge in [-0.15, -0.1) is 22.5 Å². The minimum absolute atomic E-state index is 0.890. The van der Waals surface area contributed by atoms with Gasteiger partial charge in [0, 0.05) is 9.77 Å². The summed E-state index contributed by atoms with van der Waals surface area (Å²) < 4.78 is 0. The molecule has 4 aromatic rings. The Bertz CT molecular complexity index is 1060. The first-order valence-electron chi connectivity index (χ1n) is 9.37. The lowest BCUT2D eigenvalue weighted by Gasteiger charge is -2.26. The normalized spacial score (nSPS) is 12.1. The first-order valence-corrected chi connectivity index (χ1v) is 13.7. The Morgan fingerprint density at radius 3 is 1.97 bits per heavy atom. The predicted molar refractivity (Wildman–Crippen MR) is 129 cm³/mol. The molecule has 0 aliphatic carbocycles. The second kappa shape index (κ2) is 8.92. The summed E-state index contributed by atoms with van der Waals surface area (Å²) in [7, 11) is -3.04. The number of rotatable bonds is 6. The molecule has 144 valence electrons. The van der Waals surface area contributed by atoms with Gasteiger partial charge in [-0.25, -0.2) is 0 Å². The van der Waals surface area contributed by atoms with Crippen molar-refractivity contribution in [1.82, 2.24) is 0 Å². The van der Waals surface area contributed by atoms with Crippen LogP contribution in [0.3, 0.4) is 0 Å². The van der Waals surface area contributed by atoms with Gasteiger partial charge in [0.1, 0.15) is 0 Å². The first-order chi connectivity index (χ1) is 14.2. The van der Waals surface area contributed by atoms with E-state index in [2.05, 4.69) is 17.5 Å². The standard InChI is InChI=1S/C24H21NOS2Si/c1-19(23-17-10-18-27-23)25-22-15-8-9-16-24(22)28-29(26,20-11-4-2-5-12-20)21-13-6-3-7-14-21/h2-18,26H,1H3. The summed E-state index contributed by atoms with van der Waals surface area (Å²) in [6.45, 7) is 2.03. The summed E-state index contributed by atoms with van der Waals surface area (Å²) in [6, 6.07) is 32.2. The van der Waals surface area contributed by atoms with Crippen LogP contribution in [-0.4, -0.2) is 18.0 Å². The Kier molecular flexibility index (Phi) is 6.11. The number of nitrogens with zero attached hydrogens (tertiary/aromatic N) is 1. The average Bonchev–Trinajstić information content (AvgIpc) is 3.31. The number of benzene rings is 3. The molecule has 0 saturated carbocycles. The third-order valence-corrected chi connectivity index (χ3v) is 11.7. The lowest BCUT2D eigenvalue weighted by molar-refractivity contribution is 0.592. The summed E-state index contributed by atoms with van der Waals surface area (Å²) in [6.07, 6.45) is 0. The Balaban J connectivity index is 1.78. The van der Waals surface area contributed by atoms with Crippen molar-refractivity contribution in [3.05, 3.63) is 107 Å². The van der Waals surface area contributed by atoms with Gasteiger partial charge in [0.2, 0.25) is 0 Å². The molecule has 5 heteroatoms. The molecule has 2 nitrogen and oxygen atoms in total. The van der Waals surface area contributed by atoms with Gasteiger partial charge in [0.25, 0.3) is 0 Å². The molecule has 0 radical (unpaired) electrons. The third kappa shape index (κ3) is 4.43. The molecule has 0 amide bonds. The van der Waals surface area contributed by atoms with E-state index in [1.54, 1.807) is 22.5 Å². The first kappa shape index (κ1) is 19.9. The Labute approximate surface area is 180 Å². The van der Waals surface area contributed by atoms with E-state index in [9.17, 15) is 4.80 Å². The highest BCUT2D eigenvalue weighted by Gasteiger charge is 2.38. The molecule has 29 heavy (non-hydrogen) atoms. The Hall–Kier alpha value is -2.44. The van der Waals surface area contributed by atoms with Crippen LogP contribution in [-0.2, 0) is 0 Å². The molecule has 0 atom stereocenters. The Morgan fingerprint density at radius 2 is 1.38 bits per heavy atom. The van der Waals surface area contributed by atoms with Crippen molar-refractivity contribution in [2.45, 2.75) is 11.8 Å². The van der Waals surface area contributed by atoms with E-state index in [0.717, 1.165) is 31.5 Å². The van der Waals surface area contributed by atoms with Gasteiger partial charge < -0.3 is 4.80 Å². The molecule has 0 unspecified atom stereocenters. The topological polar surface area (TPSA) is 32.6 Å². The molecule has 1 aromatic heterocycles. The van der Waals surface area contributed by atoms with Gasteiger partial charge in [-0.2, -0.15) is 0 Å². The van der Waals surface area contributed by atoms with Gasteiger partial charge in [-0.3, -0.25) is 4.99 Å². The number of thiophene rings is 1. The molecule has 0 spiro atoms. The number of hydrogen-bond acceptors (Lipinski definition) is 4. The highest BCUT2D eigenvalue weighted by molar-refractivity contribution is 8.30. The van der Waals surface area contributed by atoms with Crippen molar-refractivity contribution in [2.24, 2.45) is 4.99 Å². The van der Waals surface area contributed by atoms with E-state index in [-0.39, 0.29) is 0 Å².